The molecule has 1 atom stereocenters. The van der Waals surface area contributed by atoms with Crippen LogP contribution in [0.3, 0.4) is 0 Å². The number of hydrogen-bond donors (Lipinski definition) is 1. The first-order chi connectivity index (χ1) is 8.86. The van der Waals surface area contributed by atoms with Gasteiger partial charge in [0.25, 0.3) is 0 Å². The van der Waals surface area contributed by atoms with Crippen molar-refractivity contribution in [1.29, 1.82) is 0 Å². The monoisotopic (exact) mass is 298 g/mol. The molecule has 1 N–H and O–H groups in total. The molecule has 2 rings (SSSR count). The van der Waals surface area contributed by atoms with Crippen molar-refractivity contribution in [2.75, 3.05) is 18.1 Å². The Labute approximate surface area is 118 Å². The van der Waals surface area contributed by atoms with E-state index in [1.807, 2.05) is 0 Å². The Morgan fingerprint density at radius 2 is 1.95 bits per heavy atom. The summed E-state index contributed by atoms with van der Waals surface area (Å²) < 4.78 is 22.7. The second-order valence-corrected chi connectivity index (χ2v) is 8.21. The molecule has 1 unspecified atom stereocenters. The van der Waals surface area contributed by atoms with E-state index in [-0.39, 0.29) is 0 Å². The number of rotatable bonds is 3. The first-order valence-electron chi connectivity index (χ1n) is 6.14. The van der Waals surface area contributed by atoms with Crippen molar-refractivity contribution in [3.05, 3.63) is 24.3 Å². The summed E-state index contributed by atoms with van der Waals surface area (Å²) in [4.78, 5) is 4.79. The van der Waals surface area contributed by atoms with Crippen LogP contribution in [0, 0.1) is 5.92 Å². The third-order valence-electron chi connectivity index (χ3n) is 2.96. The van der Waals surface area contributed by atoms with Gasteiger partial charge in [-0.25, -0.2) is 8.42 Å². The summed E-state index contributed by atoms with van der Waals surface area (Å²) in [5.74, 6) is 0.598. The molecule has 0 amide bonds. The minimum Gasteiger partial charge on any atom is -0.335 e. The van der Waals surface area contributed by atoms with Crippen molar-refractivity contribution in [3.8, 4) is 0 Å². The summed E-state index contributed by atoms with van der Waals surface area (Å²) in [7, 11) is -3.13. The van der Waals surface area contributed by atoms with Gasteiger partial charge in [-0.15, -0.1) is 0 Å². The third kappa shape index (κ3) is 3.73. The maximum atomic E-state index is 11.4. The lowest BCUT2D eigenvalue weighted by molar-refractivity contribution is 0.602. The van der Waals surface area contributed by atoms with Crippen molar-refractivity contribution in [1.82, 2.24) is 0 Å². The molecule has 6 heteroatoms. The molecule has 1 heterocycles. The molecule has 1 aromatic carbocycles. The summed E-state index contributed by atoms with van der Waals surface area (Å²) in [6.07, 6.45) is 1.21. The van der Waals surface area contributed by atoms with Gasteiger partial charge in [0.05, 0.1) is 11.4 Å². The number of aliphatic imine (C=N–C) groups is 1. The molecule has 1 aromatic rings. The topological polar surface area (TPSA) is 58.5 Å². The van der Waals surface area contributed by atoms with Gasteiger partial charge in [-0.05, 0) is 30.2 Å². The summed E-state index contributed by atoms with van der Waals surface area (Å²) in [5, 5.41) is 4.66. The van der Waals surface area contributed by atoms with Crippen LogP contribution in [0.4, 0.5) is 5.69 Å². The second kappa shape index (κ2) is 5.54. The van der Waals surface area contributed by atoms with Crippen molar-refractivity contribution in [3.63, 3.8) is 0 Å². The second-order valence-electron chi connectivity index (χ2n) is 4.97. The highest BCUT2D eigenvalue weighted by molar-refractivity contribution is 8.15. The summed E-state index contributed by atoms with van der Waals surface area (Å²) in [6.45, 7) is 5.22. The van der Waals surface area contributed by atoms with Gasteiger partial charge in [0.2, 0.25) is 0 Å². The maximum Gasteiger partial charge on any atom is 0.175 e. The normalized spacial score (nSPS) is 19.6. The summed E-state index contributed by atoms with van der Waals surface area (Å²) in [6, 6.07) is 6.75. The molecule has 0 saturated heterocycles. The standard InChI is InChI=1S/C13H18N2O2S2/c1-9(2)12-8-14-13(18-12)15-10-4-6-11(7-5-10)19(3,16)17/h4-7,9,12H,8H2,1-3H3,(H,14,15). The lowest BCUT2D eigenvalue weighted by Gasteiger charge is -2.12. The Balaban J connectivity index is 2.02. The number of benzene rings is 1. The van der Waals surface area contributed by atoms with Gasteiger partial charge in [0.1, 0.15) is 0 Å². The molecule has 0 aliphatic carbocycles. The molecule has 0 radical (unpaired) electrons. The van der Waals surface area contributed by atoms with Crippen LogP contribution >= 0.6 is 11.8 Å². The van der Waals surface area contributed by atoms with E-state index in [9.17, 15) is 8.42 Å². The van der Waals surface area contributed by atoms with Gasteiger partial charge in [-0.2, -0.15) is 0 Å². The van der Waals surface area contributed by atoms with Crippen LogP contribution in [0.5, 0.6) is 0 Å². The van der Waals surface area contributed by atoms with Crippen LogP contribution in [0.15, 0.2) is 34.2 Å². The average Bonchev–Trinajstić information content (AvgIpc) is 2.77. The first kappa shape index (κ1) is 14.4. The van der Waals surface area contributed by atoms with E-state index >= 15 is 0 Å². The smallest absolute Gasteiger partial charge is 0.175 e. The van der Waals surface area contributed by atoms with Crippen molar-refractivity contribution < 1.29 is 8.42 Å². The average molecular weight is 298 g/mol. The molecule has 0 aromatic heterocycles. The van der Waals surface area contributed by atoms with Crippen LogP contribution in [0.25, 0.3) is 0 Å². The Kier molecular flexibility index (Phi) is 4.20. The highest BCUT2D eigenvalue weighted by Crippen LogP contribution is 2.28. The van der Waals surface area contributed by atoms with Crippen molar-refractivity contribution in [2.45, 2.75) is 24.0 Å². The SMILES string of the molecule is CC(C)C1CN=C(Nc2ccc(S(C)(=O)=O)cc2)S1. The van der Waals surface area contributed by atoms with Crippen molar-refractivity contribution >= 4 is 32.5 Å². The van der Waals surface area contributed by atoms with Gasteiger partial charge in [-0.1, -0.05) is 25.6 Å². The van der Waals surface area contributed by atoms with E-state index in [2.05, 4.69) is 24.2 Å². The fourth-order valence-electron chi connectivity index (χ4n) is 1.72. The number of nitrogens with one attached hydrogen (secondary N) is 1. The molecular formula is C13H18N2O2S2. The molecule has 1 aliphatic rings. The molecule has 1 aliphatic heterocycles. The molecule has 0 bridgehead atoms. The number of nitrogens with zero attached hydrogens (tertiary/aromatic N) is 1. The van der Waals surface area contributed by atoms with Gasteiger partial charge < -0.3 is 5.32 Å². The van der Waals surface area contributed by atoms with E-state index < -0.39 is 9.84 Å². The Hall–Kier alpha value is -1.01. The van der Waals surface area contributed by atoms with Gasteiger partial charge in [0.15, 0.2) is 15.0 Å². The molecule has 0 spiro atoms. The number of anilines is 1. The number of amidine groups is 1. The predicted molar refractivity (Wildman–Crippen MR) is 81.7 cm³/mol. The highest BCUT2D eigenvalue weighted by atomic mass is 32.2. The highest BCUT2D eigenvalue weighted by Gasteiger charge is 2.22. The van der Waals surface area contributed by atoms with Gasteiger partial charge >= 0.3 is 0 Å². The zero-order valence-corrected chi connectivity index (χ0v) is 12.9. The summed E-state index contributed by atoms with van der Waals surface area (Å²) >= 11 is 1.74. The summed E-state index contributed by atoms with van der Waals surface area (Å²) in [5.41, 5.74) is 0.864. The first-order valence-corrected chi connectivity index (χ1v) is 8.91. The number of hydrogen-bond acceptors (Lipinski definition) is 5. The van der Waals surface area contributed by atoms with Crippen LogP contribution < -0.4 is 5.32 Å². The minimum absolute atomic E-state index is 0.333. The molecule has 104 valence electrons. The fraction of sp³-hybridized carbons (Fsp3) is 0.462. The quantitative estimate of drug-likeness (QED) is 0.932. The van der Waals surface area contributed by atoms with Crippen LogP contribution in [-0.4, -0.2) is 31.6 Å². The van der Waals surface area contributed by atoms with Gasteiger partial charge in [-0.3, -0.25) is 4.99 Å². The molecular weight excluding hydrogens is 280 g/mol. The predicted octanol–water partition coefficient (Wildman–Crippen LogP) is 2.63. The Bertz CT molecular complexity index is 577. The van der Waals surface area contributed by atoms with E-state index in [4.69, 9.17) is 0 Å². The lowest BCUT2D eigenvalue weighted by atomic mass is 10.1. The van der Waals surface area contributed by atoms with E-state index in [0.717, 1.165) is 17.4 Å². The fourth-order valence-corrected chi connectivity index (χ4v) is 3.38. The van der Waals surface area contributed by atoms with E-state index in [1.165, 1.54) is 6.26 Å². The number of thioether (sulfide) groups is 1. The number of sulfone groups is 1. The van der Waals surface area contributed by atoms with Gasteiger partial charge in [0, 0.05) is 17.2 Å². The third-order valence-corrected chi connectivity index (χ3v) is 5.53. The maximum absolute atomic E-state index is 11.4. The Morgan fingerprint density at radius 3 is 2.42 bits per heavy atom. The molecule has 19 heavy (non-hydrogen) atoms. The van der Waals surface area contributed by atoms with E-state index in [0.29, 0.717) is 16.1 Å². The van der Waals surface area contributed by atoms with Crippen LogP contribution in [-0.2, 0) is 9.84 Å². The molecule has 4 nitrogen and oxygen atoms in total. The zero-order chi connectivity index (χ0) is 14.0. The molecule has 0 fully saturated rings. The lowest BCUT2D eigenvalue weighted by Crippen LogP contribution is -2.13. The zero-order valence-electron chi connectivity index (χ0n) is 11.3. The molecule has 0 saturated carbocycles. The van der Waals surface area contributed by atoms with E-state index in [1.54, 1.807) is 36.0 Å². The van der Waals surface area contributed by atoms with Crippen LogP contribution in [0.1, 0.15) is 13.8 Å². The van der Waals surface area contributed by atoms with Crippen LogP contribution in [0.2, 0.25) is 0 Å². The minimum atomic E-state index is -3.13. The van der Waals surface area contributed by atoms with Crippen molar-refractivity contribution in [2.24, 2.45) is 10.9 Å². The Morgan fingerprint density at radius 1 is 1.32 bits per heavy atom. The largest absolute Gasteiger partial charge is 0.335 e.